The number of anilines is 1. The van der Waals surface area contributed by atoms with Gasteiger partial charge in [-0.3, -0.25) is 5.43 Å². The quantitative estimate of drug-likeness (QED) is 0.282. The number of nitrogens with zero attached hydrogens (tertiary/aromatic N) is 2. The first-order valence-corrected chi connectivity index (χ1v) is 13.1. The molecule has 1 aliphatic carbocycles. The first kappa shape index (κ1) is 23.0. The van der Waals surface area contributed by atoms with Crippen LogP contribution in [0.15, 0.2) is 89.3 Å². The highest BCUT2D eigenvalue weighted by Gasteiger charge is 2.45. The lowest BCUT2D eigenvalue weighted by molar-refractivity contribution is 0.233. The summed E-state index contributed by atoms with van der Waals surface area (Å²) in [6.45, 7) is 0. The molecule has 2 aliphatic rings. The highest BCUT2D eigenvalue weighted by molar-refractivity contribution is 7.14. The lowest BCUT2D eigenvalue weighted by Crippen LogP contribution is -2.50. The van der Waals surface area contributed by atoms with E-state index >= 15 is 0 Å². The van der Waals surface area contributed by atoms with E-state index in [2.05, 4.69) is 10.7 Å². The van der Waals surface area contributed by atoms with Gasteiger partial charge >= 0.3 is 0 Å². The molecule has 4 nitrogen and oxygen atoms in total. The van der Waals surface area contributed by atoms with E-state index in [1.807, 2.05) is 60.0 Å². The predicted molar refractivity (Wildman–Crippen MR) is 141 cm³/mol. The molecule has 7 heteroatoms. The zero-order valence-electron chi connectivity index (χ0n) is 19.6. The molecule has 2 heterocycles. The third kappa shape index (κ3) is 4.56. The molecule has 1 aromatic heterocycles. The van der Waals surface area contributed by atoms with E-state index in [-0.39, 0.29) is 35.6 Å². The first-order chi connectivity index (χ1) is 17.7. The van der Waals surface area contributed by atoms with Crippen molar-refractivity contribution in [3.63, 3.8) is 0 Å². The maximum atomic E-state index is 13.7. The SMILES string of the molecule is Fc1ccc([C@H]2N[C@@H](c3ccc(F)cc3)[C@H]3CCC[C@@H]2C3=NNc2nc(-c3ccccc3)cs2)cc1. The zero-order valence-corrected chi connectivity index (χ0v) is 20.4. The van der Waals surface area contributed by atoms with E-state index in [0.717, 1.165) is 52.5 Å². The first-order valence-electron chi connectivity index (χ1n) is 12.3. The summed E-state index contributed by atoms with van der Waals surface area (Å²) in [5.41, 5.74) is 8.39. The number of benzene rings is 3. The van der Waals surface area contributed by atoms with Crippen LogP contribution < -0.4 is 10.7 Å². The number of thiazole rings is 1. The van der Waals surface area contributed by atoms with Gasteiger partial charge in [-0.25, -0.2) is 13.8 Å². The Hall–Kier alpha value is -3.42. The predicted octanol–water partition coefficient (Wildman–Crippen LogP) is 7.36. The minimum absolute atomic E-state index is 0.0195. The molecule has 0 spiro atoms. The van der Waals surface area contributed by atoms with Crippen molar-refractivity contribution in [1.29, 1.82) is 0 Å². The van der Waals surface area contributed by atoms with Gasteiger partial charge in [0.15, 0.2) is 0 Å². The molecule has 1 saturated carbocycles. The molecule has 2 fully saturated rings. The van der Waals surface area contributed by atoms with Crippen molar-refractivity contribution in [3.05, 3.63) is 107 Å². The van der Waals surface area contributed by atoms with Gasteiger partial charge in [-0.1, -0.05) is 61.0 Å². The van der Waals surface area contributed by atoms with Crippen LogP contribution in [0.3, 0.4) is 0 Å². The summed E-state index contributed by atoms with van der Waals surface area (Å²) in [6, 6.07) is 23.5. The van der Waals surface area contributed by atoms with Crippen LogP contribution >= 0.6 is 11.3 Å². The molecule has 4 aromatic rings. The van der Waals surface area contributed by atoms with Crippen LogP contribution in [0.2, 0.25) is 0 Å². The van der Waals surface area contributed by atoms with Crippen LogP contribution in [-0.2, 0) is 0 Å². The van der Waals surface area contributed by atoms with Crippen molar-refractivity contribution in [2.24, 2.45) is 16.9 Å². The van der Waals surface area contributed by atoms with E-state index in [9.17, 15) is 8.78 Å². The summed E-state index contributed by atoms with van der Waals surface area (Å²) >= 11 is 1.53. The van der Waals surface area contributed by atoms with Gasteiger partial charge in [0.2, 0.25) is 5.13 Å². The number of piperidine rings is 1. The second kappa shape index (κ2) is 9.91. The van der Waals surface area contributed by atoms with Gasteiger partial charge in [-0.05, 0) is 48.2 Å². The smallest absolute Gasteiger partial charge is 0.203 e. The normalized spacial score (nSPS) is 24.6. The molecule has 6 rings (SSSR count). The average molecular weight is 501 g/mol. The summed E-state index contributed by atoms with van der Waals surface area (Å²) in [5, 5.41) is 11.5. The Bertz CT molecular complexity index is 1290. The molecule has 0 amide bonds. The molecule has 182 valence electrons. The molecule has 3 aromatic carbocycles. The Kier molecular flexibility index (Phi) is 6.34. The summed E-state index contributed by atoms with van der Waals surface area (Å²) in [4.78, 5) is 4.73. The minimum Gasteiger partial charge on any atom is -0.302 e. The summed E-state index contributed by atoms with van der Waals surface area (Å²) < 4.78 is 27.4. The van der Waals surface area contributed by atoms with Crippen molar-refractivity contribution in [3.8, 4) is 11.3 Å². The minimum atomic E-state index is -0.250. The molecule has 36 heavy (non-hydrogen) atoms. The van der Waals surface area contributed by atoms with Crippen LogP contribution in [-0.4, -0.2) is 10.7 Å². The number of hydrogen-bond acceptors (Lipinski definition) is 5. The largest absolute Gasteiger partial charge is 0.302 e. The van der Waals surface area contributed by atoms with Gasteiger partial charge in [0.05, 0.1) is 5.69 Å². The van der Waals surface area contributed by atoms with Crippen molar-refractivity contribution in [2.75, 3.05) is 5.43 Å². The monoisotopic (exact) mass is 500 g/mol. The Balaban J connectivity index is 1.35. The molecule has 2 N–H and O–H groups in total. The second-order valence-electron chi connectivity index (χ2n) is 9.42. The van der Waals surface area contributed by atoms with E-state index in [1.165, 1.54) is 35.6 Å². The summed E-state index contributed by atoms with van der Waals surface area (Å²) in [7, 11) is 0. The molecular weight excluding hydrogens is 474 g/mol. The summed E-state index contributed by atoms with van der Waals surface area (Å²) in [6.07, 6.45) is 3.07. The van der Waals surface area contributed by atoms with Gasteiger partial charge in [-0.2, -0.15) is 5.10 Å². The molecule has 0 unspecified atom stereocenters. The van der Waals surface area contributed by atoms with Gasteiger partial charge in [0.1, 0.15) is 11.6 Å². The van der Waals surface area contributed by atoms with Gasteiger partial charge in [0, 0.05) is 40.6 Å². The van der Waals surface area contributed by atoms with Crippen LogP contribution in [0.1, 0.15) is 42.5 Å². The number of rotatable bonds is 5. The maximum Gasteiger partial charge on any atom is 0.203 e. The molecule has 2 bridgehead atoms. The van der Waals surface area contributed by atoms with Crippen molar-refractivity contribution < 1.29 is 8.78 Å². The number of aromatic nitrogens is 1. The molecule has 0 radical (unpaired) electrons. The fourth-order valence-corrected chi connectivity index (χ4v) is 6.23. The maximum absolute atomic E-state index is 13.7. The number of hydrogen-bond donors (Lipinski definition) is 2. The van der Waals surface area contributed by atoms with Crippen molar-refractivity contribution >= 4 is 22.2 Å². The van der Waals surface area contributed by atoms with Gasteiger partial charge in [0.25, 0.3) is 0 Å². The third-order valence-electron chi connectivity index (χ3n) is 7.27. The second-order valence-corrected chi connectivity index (χ2v) is 10.3. The number of nitrogens with one attached hydrogen (secondary N) is 2. The fraction of sp³-hybridized carbons (Fsp3) is 0.241. The lowest BCUT2D eigenvalue weighted by atomic mass is 9.67. The van der Waals surface area contributed by atoms with Gasteiger partial charge in [-0.15, -0.1) is 11.3 Å². The van der Waals surface area contributed by atoms with E-state index in [4.69, 9.17) is 10.1 Å². The van der Waals surface area contributed by atoms with Crippen LogP contribution in [0.5, 0.6) is 0 Å². The summed E-state index contributed by atoms with van der Waals surface area (Å²) in [5.74, 6) is -0.154. The third-order valence-corrected chi connectivity index (χ3v) is 8.01. The average Bonchev–Trinajstić information content (AvgIpc) is 3.39. The van der Waals surface area contributed by atoms with Gasteiger partial charge < -0.3 is 5.32 Å². The van der Waals surface area contributed by atoms with E-state index in [0.29, 0.717) is 0 Å². The zero-order chi connectivity index (χ0) is 24.5. The highest BCUT2D eigenvalue weighted by Crippen LogP contribution is 2.46. The van der Waals surface area contributed by atoms with Crippen LogP contribution in [0.4, 0.5) is 13.9 Å². The Morgan fingerprint density at radius 1 is 0.806 bits per heavy atom. The molecule has 1 aliphatic heterocycles. The highest BCUT2D eigenvalue weighted by atomic mass is 32.1. The Labute approximate surface area is 213 Å². The van der Waals surface area contributed by atoms with E-state index in [1.54, 1.807) is 0 Å². The number of hydrazone groups is 1. The van der Waals surface area contributed by atoms with Crippen molar-refractivity contribution in [2.45, 2.75) is 31.3 Å². The van der Waals surface area contributed by atoms with Crippen molar-refractivity contribution in [1.82, 2.24) is 10.3 Å². The topological polar surface area (TPSA) is 49.3 Å². The fourth-order valence-electron chi connectivity index (χ4n) is 5.57. The number of fused-ring (bicyclic) bond motifs is 2. The number of halogens is 2. The molecular formula is C29H26F2N4S. The Morgan fingerprint density at radius 3 is 1.97 bits per heavy atom. The standard InChI is InChI=1S/C29H26F2N4S/c30-21-13-9-19(10-14-21)26-23-7-4-8-24(27(33-26)20-11-15-22(31)16-12-20)28(23)34-35-29-32-25(17-36-29)18-5-2-1-3-6-18/h1-3,5-6,9-17,23-24,26-27,33H,4,7-8H2,(H,32,35)/t23-,24+,26+,27-. The Morgan fingerprint density at radius 2 is 1.39 bits per heavy atom. The van der Waals surface area contributed by atoms with Crippen LogP contribution in [0, 0.1) is 23.5 Å². The lowest BCUT2D eigenvalue weighted by Gasteiger charge is -2.47. The van der Waals surface area contributed by atoms with E-state index < -0.39 is 0 Å². The molecule has 4 atom stereocenters. The molecule has 1 saturated heterocycles. The van der Waals surface area contributed by atoms with Crippen LogP contribution in [0.25, 0.3) is 11.3 Å².